The van der Waals surface area contributed by atoms with Crippen molar-refractivity contribution in [3.05, 3.63) is 52.0 Å². The maximum absolute atomic E-state index is 4.60. The van der Waals surface area contributed by atoms with Crippen molar-refractivity contribution < 1.29 is 0 Å². The van der Waals surface area contributed by atoms with Crippen molar-refractivity contribution in [3.8, 4) is 0 Å². The van der Waals surface area contributed by atoms with Gasteiger partial charge in [-0.1, -0.05) is 37.3 Å². The first kappa shape index (κ1) is 15.5. The Balaban J connectivity index is 1.91. The highest BCUT2D eigenvalue weighted by atomic mass is 32.1. The van der Waals surface area contributed by atoms with Crippen LogP contribution in [0, 0.1) is 0 Å². The summed E-state index contributed by atoms with van der Waals surface area (Å²) in [5, 5.41) is 7.69. The lowest BCUT2D eigenvalue weighted by Gasteiger charge is -2.10. The minimum Gasteiger partial charge on any atom is -0.357 e. The Hall–Kier alpha value is -1.88. The average molecular weight is 302 g/mol. The molecular formula is C16H22N4S. The van der Waals surface area contributed by atoms with Gasteiger partial charge in [0.25, 0.3) is 0 Å². The minimum absolute atomic E-state index is 0.675. The Morgan fingerprint density at radius 3 is 2.67 bits per heavy atom. The summed E-state index contributed by atoms with van der Waals surface area (Å²) < 4.78 is 0. The second-order valence-corrected chi connectivity index (χ2v) is 5.81. The fraction of sp³-hybridized carbons (Fsp3) is 0.375. The van der Waals surface area contributed by atoms with Gasteiger partial charge in [-0.2, -0.15) is 0 Å². The molecule has 0 radical (unpaired) electrons. The third kappa shape index (κ3) is 5.19. The van der Waals surface area contributed by atoms with Crippen molar-refractivity contribution in [1.29, 1.82) is 0 Å². The number of aliphatic imine (C=N–C) groups is 1. The lowest BCUT2D eigenvalue weighted by molar-refractivity contribution is 0.811. The maximum Gasteiger partial charge on any atom is 0.191 e. The average Bonchev–Trinajstić information content (AvgIpc) is 2.99. The second-order valence-electron chi connectivity index (χ2n) is 4.61. The summed E-state index contributed by atoms with van der Waals surface area (Å²) in [6.07, 6.45) is 3.00. The van der Waals surface area contributed by atoms with Gasteiger partial charge in [0.2, 0.25) is 0 Å². The van der Waals surface area contributed by atoms with E-state index in [1.165, 1.54) is 10.4 Å². The van der Waals surface area contributed by atoms with Gasteiger partial charge in [0.15, 0.2) is 5.96 Å². The molecule has 2 aromatic rings. The third-order valence-electron chi connectivity index (χ3n) is 2.96. The van der Waals surface area contributed by atoms with E-state index in [4.69, 9.17) is 0 Å². The number of hydrogen-bond acceptors (Lipinski definition) is 3. The molecule has 5 heteroatoms. The minimum atomic E-state index is 0.675. The van der Waals surface area contributed by atoms with E-state index in [0.717, 1.165) is 23.9 Å². The zero-order valence-corrected chi connectivity index (χ0v) is 13.4. The number of hydrogen-bond donors (Lipinski definition) is 2. The number of rotatable bonds is 6. The van der Waals surface area contributed by atoms with E-state index in [0.29, 0.717) is 13.1 Å². The molecular weight excluding hydrogens is 280 g/mol. The van der Waals surface area contributed by atoms with E-state index in [1.807, 2.05) is 24.4 Å². The van der Waals surface area contributed by atoms with Crippen LogP contribution in [0.1, 0.15) is 29.3 Å². The summed E-state index contributed by atoms with van der Waals surface area (Å²) in [5.74, 6) is 0.828. The van der Waals surface area contributed by atoms with Gasteiger partial charge in [-0.15, -0.1) is 11.3 Å². The van der Waals surface area contributed by atoms with Crippen LogP contribution in [0.15, 0.2) is 41.5 Å². The van der Waals surface area contributed by atoms with E-state index in [-0.39, 0.29) is 0 Å². The molecule has 1 aromatic carbocycles. The molecule has 0 saturated carbocycles. The van der Waals surface area contributed by atoms with Gasteiger partial charge in [-0.25, -0.2) is 9.98 Å². The van der Waals surface area contributed by atoms with Crippen molar-refractivity contribution >= 4 is 17.3 Å². The normalized spacial score (nSPS) is 11.4. The molecule has 0 amide bonds. The van der Waals surface area contributed by atoms with Crippen LogP contribution in [0.3, 0.4) is 0 Å². The third-order valence-corrected chi connectivity index (χ3v) is 4.11. The van der Waals surface area contributed by atoms with Crippen molar-refractivity contribution in [2.45, 2.75) is 33.4 Å². The molecule has 0 spiro atoms. The molecule has 0 bridgehead atoms. The molecule has 2 rings (SSSR count). The molecule has 0 aliphatic rings. The van der Waals surface area contributed by atoms with Gasteiger partial charge in [0.05, 0.1) is 13.1 Å². The number of nitrogens with zero attached hydrogens (tertiary/aromatic N) is 2. The fourth-order valence-electron chi connectivity index (χ4n) is 1.85. The van der Waals surface area contributed by atoms with Crippen LogP contribution in [-0.2, 0) is 19.5 Å². The first-order valence-electron chi connectivity index (χ1n) is 7.31. The molecule has 4 nitrogen and oxygen atoms in total. The summed E-state index contributed by atoms with van der Waals surface area (Å²) in [5.41, 5.74) is 1.21. The van der Waals surface area contributed by atoms with Crippen LogP contribution in [0.25, 0.3) is 0 Å². The summed E-state index contributed by atoms with van der Waals surface area (Å²) in [7, 11) is 0. The molecule has 2 N–H and O–H groups in total. The van der Waals surface area contributed by atoms with E-state index in [2.05, 4.69) is 46.6 Å². The highest BCUT2D eigenvalue weighted by Gasteiger charge is 2.02. The zero-order valence-electron chi connectivity index (χ0n) is 12.6. The standard InChI is InChI=1S/C16H22N4S/c1-3-14-11-18-15(21-14)12-20-16(17-4-2)19-10-13-8-6-5-7-9-13/h5-9,11H,3-4,10,12H2,1-2H3,(H2,17,19,20). The highest BCUT2D eigenvalue weighted by Crippen LogP contribution is 2.12. The number of benzene rings is 1. The molecule has 0 atom stereocenters. The monoisotopic (exact) mass is 302 g/mol. The van der Waals surface area contributed by atoms with Crippen LogP contribution >= 0.6 is 11.3 Å². The van der Waals surface area contributed by atoms with Gasteiger partial charge >= 0.3 is 0 Å². The Labute approximate surface area is 130 Å². The van der Waals surface area contributed by atoms with E-state index < -0.39 is 0 Å². The molecule has 1 heterocycles. The fourth-order valence-corrected chi connectivity index (χ4v) is 2.65. The molecule has 1 aromatic heterocycles. The molecule has 0 fully saturated rings. The van der Waals surface area contributed by atoms with Crippen LogP contribution in [0.5, 0.6) is 0 Å². The number of nitrogens with one attached hydrogen (secondary N) is 2. The maximum atomic E-state index is 4.60. The predicted molar refractivity (Wildman–Crippen MR) is 89.6 cm³/mol. The summed E-state index contributed by atoms with van der Waals surface area (Å²) in [4.78, 5) is 10.3. The summed E-state index contributed by atoms with van der Waals surface area (Å²) in [6.45, 7) is 6.45. The zero-order chi connectivity index (χ0) is 14.9. The number of thiazole rings is 1. The molecule has 0 saturated heterocycles. The molecule has 0 unspecified atom stereocenters. The Morgan fingerprint density at radius 2 is 2.00 bits per heavy atom. The molecule has 112 valence electrons. The van der Waals surface area contributed by atoms with Crippen LogP contribution < -0.4 is 10.6 Å². The van der Waals surface area contributed by atoms with Crippen LogP contribution in [0.2, 0.25) is 0 Å². The first-order chi connectivity index (χ1) is 10.3. The largest absolute Gasteiger partial charge is 0.357 e. The number of aromatic nitrogens is 1. The Morgan fingerprint density at radius 1 is 1.19 bits per heavy atom. The summed E-state index contributed by atoms with van der Waals surface area (Å²) in [6, 6.07) is 10.3. The van der Waals surface area contributed by atoms with E-state index >= 15 is 0 Å². The highest BCUT2D eigenvalue weighted by molar-refractivity contribution is 7.11. The van der Waals surface area contributed by atoms with Crippen LogP contribution in [0.4, 0.5) is 0 Å². The number of aryl methyl sites for hydroxylation is 1. The molecule has 21 heavy (non-hydrogen) atoms. The lowest BCUT2D eigenvalue weighted by Crippen LogP contribution is -2.36. The quantitative estimate of drug-likeness (QED) is 0.637. The lowest BCUT2D eigenvalue weighted by atomic mass is 10.2. The molecule has 0 aliphatic carbocycles. The molecule has 0 aliphatic heterocycles. The van der Waals surface area contributed by atoms with Gasteiger partial charge in [-0.3, -0.25) is 0 Å². The SMILES string of the molecule is CCNC(=NCc1ccccc1)NCc1ncc(CC)s1. The Kier molecular flexibility index (Phi) is 6.22. The van der Waals surface area contributed by atoms with Gasteiger partial charge in [0, 0.05) is 17.6 Å². The predicted octanol–water partition coefficient (Wildman–Crippen LogP) is 2.96. The van der Waals surface area contributed by atoms with Gasteiger partial charge < -0.3 is 10.6 Å². The Bertz CT molecular complexity index is 563. The second kappa shape index (κ2) is 8.42. The summed E-state index contributed by atoms with van der Waals surface area (Å²) >= 11 is 1.75. The smallest absolute Gasteiger partial charge is 0.191 e. The van der Waals surface area contributed by atoms with Crippen LogP contribution in [-0.4, -0.2) is 17.5 Å². The van der Waals surface area contributed by atoms with E-state index in [9.17, 15) is 0 Å². The van der Waals surface area contributed by atoms with Crippen molar-refractivity contribution in [1.82, 2.24) is 15.6 Å². The van der Waals surface area contributed by atoms with Crippen molar-refractivity contribution in [2.75, 3.05) is 6.54 Å². The van der Waals surface area contributed by atoms with Crippen molar-refractivity contribution in [3.63, 3.8) is 0 Å². The van der Waals surface area contributed by atoms with Gasteiger partial charge in [0.1, 0.15) is 5.01 Å². The number of guanidine groups is 1. The van der Waals surface area contributed by atoms with E-state index in [1.54, 1.807) is 11.3 Å². The van der Waals surface area contributed by atoms with Crippen molar-refractivity contribution in [2.24, 2.45) is 4.99 Å². The van der Waals surface area contributed by atoms with Gasteiger partial charge in [-0.05, 0) is 18.9 Å². The topological polar surface area (TPSA) is 49.3 Å². The first-order valence-corrected chi connectivity index (χ1v) is 8.13.